The maximum absolute atomic E-state index is 12.2. The SMILES string of the molecule is CC(C)n1nccc1NC(=O)[C@@H](C)OC(=O)COc1ccccc1C#N. The number of nitrogens with zero attached hydrogens (tertiary/aromatic N) is 3. The third-order valence-corrected chi connectivity index (χ3v) is 3.44. The summed E-state index contributed by atoms with van der Waals surface area (Å²) in [4.78, 5) is 24.1. The highest BCUT2D eigenvalue weighted by Gasteiger charge is 2.20. The van der Waals surface area contributed by atoms with Crippen LogP contribution in [0.3, 0.4) is 0 Å². The molecule has 0 bridgehead atoms. The van der Waals surface area contributed by atoms with Crippen LogP contribution in [0, 0.1) is 11.3 Å². The van der Waals surface area contributed by atoms with E-state index < -0.39 is 24.6 Å². The molecule has 0 unspecified atom stereocenters. The summed E-state index contributed by atoms with van der Waals surface area (Å²) < 4.78 is 12.0. The topological polar surface area (TPSA) is 106 Å². The van der Waals surface area contributed by atoms with Gasteiger partial charge in [0.2, 0.25) is 0 Å². The van der Waals surface area contributed by atoms with Gasteiger partial charge in [-0.1, -0.05) is 12.1 Å². The van der Waals surface area contributed by atoms with Crippen LogP contribution in [0.4, 0.5) is 5.82 Å². The van der Waals surface area contributed by atoms with Crippen molar-refractivity contribution < 1.29 is 19.1 Å². The number of esters is 1. The van der Waals surface area contributed by atoms with E-state index in [1.807, 2.05) is 19.9 Å². The highest BCUT2D eigenvalue weighted by atomic mass is 16.6. The van der Waals surface area contributed by atoms with Gasteiger partial charge in [0.25, 0.3) is 5.91 Å². The Bertz CT molecular complexity index is 823. The van der Waals surface area contributed by atoms with Crippen molar-refractivity contribution in [3.05, 3.63) is 42.1 Å². The maximum Gasteiger partial charge on any atom is 0.344 e. The first-order valence-electron chi connectivity index (χ1n) is 8.08. The summed E-state index contributed by atoms with van der Waals surface area (Å²) in [5.74, 6) is -0.382. The zero-order valence-electron chi connectivity index (χ0n) is 14.8. The van der Waals surface area contributed by atoms with Gasteiger partial charge in [-0.15, -0.1) is 0 Å². The molecule has 0 spiro atoms. The van der Waals surface area contributed by atoms with E-state index in [1.165, 1.54) is 6.92 Å². The molecule has 26 heavy (non-hydrogen) atoms. The molecule has 1 aromatic carbocycles. The van der Waals surface area contributed by atoms with Crippen LogP contribution in [0.25, 0.3) is 0 Å². The number of carbonyl (C=O) groups is 2. The van der Waals surface area contributed by atoms with E-state index in [-0.39, 0.29) is 11.8 Å². The molecule has 0 aliphatic carbocycles. The van der Waals surface area contributed by atoms with E-state index in [4.69, 9.17) is 14.7 Å². The maximum atomic E-state index is 12.2. The largest absolute Gasteiger partial charge is 0.481 e. The minimum atomic E-state index is -1.01. The van der Waals surface area contributed by atoms with Crippen molar-refractivity contribution in [3.8, 4) is 11.8 Å². The van der Waals surface area contributed by atoms with Gasteiger partial charge in [0.1, 0.15) is 17.6 Å². The molecule has 8 heteroatoms. The molecule has 1 atom stereocenters. The second kappa shape index (κ2) is 8.67. The standard InChI is InChI=1S/C18H20N4O4/c1-12(2)22-16(8-9-20-22)21-18(24)13(3)26-17(23)11-25-15-7-5-4-6-14(15)10-19/h4-9,12-13H,11H2,1-3H3,(H,21,24)/t13-/m1/s1. The molecule has 8 nitrogen and oxygen atoms in total. The van der Waals surface area contributed by atoms with Crippen molar-refractivity contribution in [3.63, 3.8) is 0 Å². The number of rotatable bonds is 7. The lowest BCUT2D eigenvalue weighted by atomic mass is 10.2. The molecule has 0 aliphatic rings. The predicted octanol–water partition coefficient (Wildman–Crippen LogP) is 2.28. The van der Waals surface area contributed by atoms with Gasteiger partial charge < -0.3 is 14.8 Å². The number of aromatic nitrogens is 2. The zero-order chi connectivity index (χ0) is 19.1. The van der Waals surface area contributed by atoms with Gasteiger partial charge in [-0.3, -0.25) is 4.79 Å². The highest BCUT2D eigenvalue weighted by Crippen LogP contribution is 2.17. The van der Waals surface area contributed by atoms with E-state index >= 15 is 0 Å². The van der Waals surface area contributed by atoms with Crippen LogP contribution in [0.5, 0.6) is 5.75 Å². The zero-order valence-corrected chi connectivity index (χ0v) is 14.8. The number of hydrogen-bond donors (Lipinski definition) is 1. The summed E-state index contributed by atoms with van der Waals surface area (Å²) in [6.45, 7) is 4.93. The normalized spacial score (nSPS) is 11.5. The number of amides is 1. The molecular weight excluding hydrogens is 336 g/mol. The Morgan fingerprint density at radius 1 is 1.27 bits per heavy atom. The second-order valence-electron chi connectivity index (χ2n) is 5.77. The van der Waals surface area contributed by atoms with Crippen LogP contribution >= 0.6 is 0 Å². The molecule has 0 saturated heterocycles. The summed E-state index contributed by atoms with van der Waals surface area (Å²) in [7, 11) is 0. The summed E-state index contributed by atoms with van der Waals surface area (Å²) in [5.41, 5.74) is 0.313. The lowest BCUT2D eigenvalue weighted by molar-refractivity contribution is -0.155. The first-order valence-corrected chi connectivity index (χ1v) is 8.08. The van der Waals surface area contributed by atoms with Crippen molar-refractivity contribution in [2.24, 2.45) is 0 Å². The van der Waals surface area contributed by atoms with Gasteiger partial charge in [-0.2, -0.15) is 10.4 Å². The van der Waals surface area contributed by atoms with Gasteiger partial charge in [-0.05, 0) is 32.9 Å². The third-order valence-electron chi connectivity index (χ3n) is 3.44. The molecule has 1 N–H and O–H groups in total. The van der Waals surface area contributed by atoms with Crippen molar-refractivity contribution >= 4 is 17.7 Å². The Kier molecular flexibility index (Phi) is 6.33. The fourth-order valence-electron chi connectivity index (χ4n) is 2.16. The van der Waals surface area contributed by atoms with E-state index in [1.54, 1.807) is 41.2 Å². The van der Waals surface area contributed by atoms with Gasteiger partial charge in [0.15, 0.2) is 12.7 Å². The molecule has 0 saturated carbocycles. The Hall–Kier alpha value is -3.34. The average molecular weight is 356 g/mol. The number of nitrogens with one attached hydrogen (secondary N) is 1. The smallest absolute Gasteiger partial charge is 0.344 e. The Morgan fingerprint density at radius 3 is 2.69 bits per heavy atom. The van der Waals surface area contributed by atoms with Crippen LogP contribution in [0.15, 0.2) is 36.5 Å². The number of carbonyl (C=O) groups excluding carboxylic acids is 2. The number of ether oxygens (including phenoxy) is 2. The number of nitriles is 1. The number of hydrogen-bond acceptors (Lipinski definition) is 6. The Labute approximate surface area is 151 Å². The molecule has 0 fully saturated rings. The summed E-state index contributed by atoms with van der Waals surface area (Å²) in [6, 6.07) is 10.2. The summed E-state index contributed by atoms with van der Waals surface area (Å²) in [5, 5.41) is 15.8. The fourth-order valence-corrected chi connectivity index (χ4v) is 2.16. The van der Waals surface area contributed by atoms with E-state index in [2.05, 4.69) is 10.4 Å². The molecule has 0 radical (unpaired) electrons. The van der Waals surface area contributed by atoms with Crippen LogP contribution in [0.1, 0.15) is 32.4 Å². The molecule has 136 valence electrons. The lowest BCUT2D eigenvalue weighted by Crippen LogP contribution is -2.32. The molecule has 1 aromatic heterocycles. The number of para-hydroxylation sites is 1. The van der Waals surface area contributed by atoms with Gasteiger partial charge in [0.05, 0.1) is 11.8 Å². The highest BCUT2D eigenvalue weighted by molar-refractivity contribution is 5.94. The van der Waals surface area contributed by atoms with Crippen LogP contribution in [0.2, 0.25) is 0 Å². The van der Waals surface area contributed by atoms with Crippen LogP contribution < -0.4 is 10.1 Å². The van der Waals surface area contributed by atoms with Gasteiger partial charge >= 0.3 is 5.97 Å². The summed E-state index contributed by atoms with van der Waals surface area (Å²) in [6.07, 6.45) is 0.570. The Balaban J connectivity index is 1.87. The molecule has 0 aliphatic heterocycles. The minimum absolute atomic E-state index is 0.0757. The molecule has 2 rings (SSSR count). The van der Waals surface area contributed by atoms with Crippen molar-refractivity contribution in [2.45, 2.75) is 32.9 Å². The van der Waals surface area contributed by atoms with E-state index in [0.717, 1.165) is 0 Å². The second-order valence-corrected chi connectivity index (χ2v) is 5.77. The Morgan fingerprint density at radius 2 is 2.00 bits per heavy atom. The van der Waals surface area contributed by atoms with Crippen molar-refractivity contribution in [1.82, 2.24) is 9.78 Å². The van der Waals surface area contributed by atoms with E-state index in [9.17, 15) is 9.59 Å². The van der Waals surface area contributed by atoms with E-state index in [0.29, 0.717) is 11.4 Å². The minimum Gasteiger partial charge on any atom is -0.481 e. The average Bonchev–Trinajstić information content (AvgIpc) is 3.08. The summed E-state index contributed by atoms with van der Waals surface area (Å²) >= 11 is 0. The van der Waals surface area contributed by atoms with Crippen LogP contribution in [-0.4, -0.2) is 34.4 Å². The first kappa shape index (κ1) is 19.0. The quantitative estimate of drug-likeness (QED) is 0.763. The first-order chi connectivity index (χ1) is 12.4. The number of benzene rings is 1. The lowest BCUT2D eigenvalue weighted by Gasteiger charge is -2.16. The predicted molar refractivity (Wildman–Crippen MR) is 93.4 cm³/mol. The monoisotopic (exact) mass is 356 g/mol. The van der Waals surface area contributed by atoms with Crippen molar-refractivity contribution in [1.29, 1.82) is 5.26 Å². The van der Waals surface area contributed by atoms with Crippen molar-refractivity contribution in [2.75, 3.05) is 11.9 Å². The van der Waals surface area contributed by atoms with Gasteiger partial charge in [0, 0.05) is 12.1 Å². The molecule has 1 amide bonds. The van der Waals surface area contributed by atoms with Gasteiger partial charge in [-0.25, -0.2) is 9.48 Å². The molecule has 2 aromatic rings. The molecule has 1 heterocycles. The third kappa shape index (κ3) is 4.83. The fraction of sp³-hybridized carbons (Fsp3) is 0.333. The van der Waals surface area contributed by atoms with Crippen LogP contribution in [-0.2, 0) is 14.3 Å². The number of anilines is 1. The molecular formula is C18H20N4O4.